The number of carbonyl (C=O) groups is 1. The van der Waals surface area contributed by atoms with Crippen molar-refractivity contribution in [2.24, 2.45) is 16.8 Å². The molecule has 2 aromatic rings. The Morgan fingerprint density at radius 2 is 1.83 bits per heavy atom. The Hall–Kier alpha value is -4.29. The SMILES string of the molecule is C=C(C)N(C)CC(C(=O)NC(=NC(CC(C=CCCC)c1ccc(O)cc1F)[N+](C)=CC)Nc1ccc(F)cc1F)C(C)C(F)(F)F. The van der Waals surface area contributed by atoms with Gasteiger partial charge in [-0.05, 0) is 37.1 Å². The summed E-state index contributed by atoms with van der Waals surface area (Å²) in [4.78, 5) is 19.6. The van der Waals surface area contributed by atoms with Gasteiger partial charge in [-0.25, -0.2) is 17.7 Å². The van der Waals surface area contributed by atoms with Crippen molar-refractivity contribution in [2.45, 2.75) is 65.2 Å². The van der Waals surface area contributed by atoms with E-state index in [1.165, 1.54) is 24.1 Å². The quantitative estimate of drug-likeness (QED) is 0.0639. The van der Waals surface area contributed by atoms with Crippen LogP contribution in [0.5, 0.6) is 5.75 Å². The van der Waals surface area contributed by atoms with Crippen molar-refractivity contribution in [3.8, 4) is 5.75 Å². The topological polar surface area (TPSA) is 80.0 Å². The molecule has 47 heavy (non-hydrogen) atoms. The Morgan fingerprint density at radius 3 is 2.38 bits per heavy atom. The van der Waals surface area contributed by atoms with Crippen molar-refractivity contribution in [3.05, 3.63) is 83.8 Å². The molecule has 0 aliphatic heterocycles. The number of phenols is 1. The summed E-state index contributed by atoms with van der Waals surface area (Å²) in [5.41, 5.74) is 0.391. The van der Waals surface area contributed by atoms with Crippen LogP contribution in [0.1, 0.15) is 58.4 Å². The number of carbonyl (C=O) groups excluding carboxylic acids is 1. The van der Waals surface area contributed by atoms with Crippen LogP contribution in [0.15, 0.2) is 65.8 Å². The normalized spacial score (nSPS) is 15.2. The number of benzene rings is 2. The number of rotatable bonds is 14. The van der Waals surface area contributed by atoms with Gasteiger partial charge in [-0.2, -0.15) is 18.2 Å². The first-order chi connectivity index (χ1) is 22.0. The number of anilines is 1. The first-order valence-electron chi connectivity index (χ1n) is 15.2. The molecule has 0 bridgehead atoms. The number of halogens is 6. The van der Waals surface area contributed by atoms with Gasteiger partial charge < -0.3 is 15.3 Å². The minimum atomic E-state index is -4.72. The van der Waals surface area contributed by atoms with Gasteiger partial charge in [-0.15, -0.1) is 0 Å². The van der Waals surface area contributed by atoms with E-state index in [1.807, 2.05) is 13.0 Å². The summed E-state index contributed by atoms with van der Waals surface area (Å²) < 4.78 is 86.9. The highest BCUT2D eigenvalue weighted by atomic mass is 19.4. The maximum Gasteiger partial charge on any atom is 0.392 e. The highest BCUT2D eigenvalue weighted by Gasteiger charge is 2.45. The molecule has 1 amide bonds. The largest absolute Gasteiger partial charge is 0.508 e. The highest BCUT2D eigenvalue weighted by Crippen LogP contribution is 2.33. The van der Waals surface area contributed by atoms with Crippen LogP contribution in [0, 0.1) is 29.3 Å². The Labute approximate surface area is 272 Å². The monoisotopic (exact) mass is 668 g/mol. The third-order valence-electron chi connectivity index (χ3n) is 7.83. The summed E-state index contributed by atoms with van der Waals surface area (Å²) in [7, 11) is 3.16. The number of hydrogen-bond acceptors (Lipinski definition) is 4. The van der Waals surface area contributed by atoms with Crippen LogP contribution in [-0.4, -0.2) is 65.6 Å². The number of aliphatic imine (C=N–C) groups is 1. The lowest BCUT2D eigenvalue weighted by atomic mass is 9.91. The summed E-state index contributed by atoms with van der Waals surface area (Å²) in [5, 5.41) is 14.8. The number of phenolic OH excluding ortho intramolecular Hbond substituents is 1. The number of hydrogen-bond donors (Lipinski definition) is 3. The zero-order valence-corrected chi connectivity index (χ0v) is 27.5. The molecule has 0 aliphatic rings. The predicted molar refractivity (Wildman–Crippen MR) is 173 cm³/mol. The number of nitrogens with one attached hydrogen (secondary N) is 2. The molecule has 3 N–H and O–H groups in total. The minimum absolute atomic E-state index is 0.0937. The van der Waals surface area contributed by atoms with Crippen LogP contribution >= 0.6 is 0 Å². The maximum absolute atomic E-state index is 15.1. The Balaban J connectivity index is 2.68. The van der Waals surface area contributed by atoms with Gasteiger partial charge in [0.05, 0.1) is 17.5 Å². The van der Waals surface area contributed by atoms with E-state index in [1.54, 1.807) is 37.8 Å². The van der Waals surface area contributed by atoms with Crippen molar-refractivity contribution in [3.63, 3.8) is 0 Å². The fourth-order valence-electron chi connectivity index (χ4n) is 4.58. The van der Waals surface area contributed by atoms with Gasteiger partial charge in [-0.1, -0.05) is 45.1 Å². The van der Waals surface area contributed by atoms with E-state index in [9.17, 15) is 31.9 Å². The van der Waals surface area contributed by atoms with Crippen LogP contribution < -0.4 is 10.6 Å². The van der Waals surface area contributed by atoms with Crippen molar-refractivity contribution in [2.75, 3.05) is 26.0 Å². The number of amides is 1. The molecule has 0 spiro atoms. The molecule has 13 heteroatoms. The zero-order chi connectivity index (χ0) is 35.5. The summed E-state index contributed by atoms with van der Waals surface area (Å²) in [6.07, 6.45) is 1.34. The summed E-state index contributed by atoms with van der Waals surface area (Å²) in [6, 6.07) is 6.40. The van der Waals surface area contributed by atoms with Gasteiger partial charge in [-0.3, -0.25) is 10.1 Å². The average molecular weight is 669 g/mol. The number of unbranched alkanes of at least 4 members (excludes halogenated alkanes) is 1. The lowest BCUT2D eigenvalue weighted by molar-refractivity contribution is -0.533. The van der Waals surface area contributed by atoms with Gasteiger partial charge in [0.15, 0.2) is 0 Å². The predicted octanol–water partition coefficient (Wildman–Crippen LogP) is 7.56. The number of alkyl halides is 3. The molecule has 4 atom stereocenters. The lowest BCUT2D eigenvalue weighted by Crippen LogP contribution is -2.48. The Kier molecular flexibility index (Phi) is 14.5. The van der Waals surface area contributed by atoms with Crippen LogP contribution in [0.4, 0.5) is 32.0 Å². The van der Waals surface area contributed by atoms with Gasteiger partial charge in [0.25, 0.3) is 0 Å². The molecule has 4 unspecified atom stereocenters. The lowest BCUT2D eigenvalue weighted by Gasteiger charge is -2.30. The van der Waals surface area contributed by atoms with E-state index < -0.39 is 59.4 Å². The molecular formula is C34H44F6N5O2+. The fourth-order valence-corrected chi connectivity index (χ4v) is 4.58. The maximum atomic E-state index is 15.1. The first kappa shape index (κ1) is 38.9. The highest BCUT2D eigenvalue weighted by molar-refractivity contribution is 6.05. The second kappa shape index (κ2) is 17.6. The molecule has 0 saturated carbocycles. The van der Waals surface area contributed by atoms with Gasteiger partial charge in [0, 0.05) is 50.7 Å². The molecule has 2 rings (SSSR count). The van der Waals surface area contributed by atoms with Crippen LogP contribution in [0.25, 0.3) is 0 Å². The van der Waals surface area contributed by atoms with Crippen molar-refractivity contribution < 1.29 is 40.8 Å². The van der Waals surface area contributed by atoms with Gasteiger partial charge in [0.1, 0.15) is 36.5 Å². The Bertz CT molecular complexity index is 1470. The van der Waals surface area contributed by atoms with Gasteiger partial charge in [0.2, 0.25) is 18.0 Å². The number of allylic oxidation sites excluding steroid dienone is 3. The third-order valence-corrected chi connectivity index (χ3v) is 7.83. The third kappa shape index (κ3) is 11.8. The standard InChI is InChI=1S/C34H43F6N5O2/c1-8-10-11-12-23(26-15-14-25(46)19-28(26)36)17-31(44(6)9-2)42-33(41-30-16-13-24(35)18-29(30)37)43-32(47)27(20-45(7)21(3)4)22(5)34(38,39)40/h9,11-16,18-19,22-23,27,31H,3,8,10,17,20H2,1-2,4-7H3,(H2-,41,42,43,46,47)/p+1. The van der Waals surface area contributed by atoms with Crippen LogP contribution in [-0.2, 0) is 4.79 Å². The molecule has 0 fully saturated rings. The van der Waals surface area contributed by atoms with E-state index >= 15 is 4.39 Å². The molecular weight excluding hydrogens is 624 g/mol. The molecule has 0 radical (unpaired) electrons. The van der Waals surface area contributed by atoms with E-state index in [-0.39, 0.29) is 30.0 Å². The molecule has 0 aliphatic carbocycles. The van der Waals surface area contributed by atoms with E-state index in [0.29, 0.717) is 18.2 Å². The second-order valence-corrected chi connectivity index (χ2v) is 11.4. The molecule has 2 aromatic carbocycles. The van der Waals surface area contributed by atoms with Crippen molar-refractivity contribution >= 4 is 23.8 Å². The summed E-state index contributed by atoms with van der Waals surface area (Å²) >= 11 is 0. The van der Waals surface area contributed by atoms with Crippen LogP contribution in [0.3, 0.4) is 0 Å². The molecule has 0 saturated heterocycles. The average Bonchev–Trinajstić information content (AvgIpc) is 2.98. The second-order valence-electron chi connectivity index (χ2n) is 11.4. The smallest absolute Gasteiger partial charge is 0.392 e. The minimum Gasteiger partial charge on any atom is -0.508 e. The molecule has 7 nitrogen and oxygen atoms in total. The van der Waals surface area contributed by atoms with E-state index in [0.717, 1.165) is 31.5 Å². The summed E-state index contributed by atoms with van der Waals surface area (Å²) in [5.74, 6) is -8.59. The van der Waals surface area contributed by atoms with E-state index in [2.05, 4.69) is 22.2 Å². The molecule has 0 heterocycles. The van der Waals surface area contributed by atoms with Crippen molar-refractivity contribution in [1.82, 2.24) is 10.2 Å². The number of guanidine groups is 1. The fraction of sp³-hybridized carbons (Fsp3) is 0.441. The first-order valence-corrected chi connectivity index (χ1v) is 15.2. The van der Waals surface area contributed by atoms with E-state index in [4.69, 9.17) is 0 Å². The van der Waals surface area contributed by atoms with Crippen LogP contribution in [0.2, 0.25) is 0 Å². The molecule has 0 aromatic heterocycles. The number of aromatic hydroxyl groups is 1. The van der Waals surface area contributed by atoms with Crippen molar-refractivity contribution in [1.29, 1.82) is 0 Å². The Morgan fingerprint density at radius 1 is 1.15 bits per heavy atom. The zero-order valence-electron chi connectivity index (χ0n) is 27.5. The summed E-state index contributed by atoms with van der Waals surface area (Å²) in [6.45, 7) is 9.55. The molecule has 258 valence electrons. The number of nitrogens with zero attached hydrogens (tertiary/aromatic N) is 3. The van der Waals surface area contributed by atoms with Gasteiger partial charge >= 0.3 is 6.18 Å².